The van der Waals surface area contributed by atoms with Crippen LogP contribution >= 0.6 is 0 Å². The molecule has 0 fully saturated rings. The number of aromatic nitrogens is 2. The molecule has 0 saturated carbocycles. The summed E-state index contributed by atoms with van der Waals surface area (Å²) in [5.41, 5.74) is 1.75. The van der Waals surface area contributed by atoms with Gasteiger partial charge in [-0.15, -0.1) is 0 Å². The van der Waals surface area contributed by atoms with Gasteiger partial charge in [-0.05, 0) is 49.4 Å². The highest BCUT2D eigenvalue weighted by Gasteiger charge is 2.36. The van der Waals surface area contributed by atoms with E-state index in [4.69, 9.17) is 14.0 Å². The second-order valence-electron chi connectivity index (χ2n) is 7.56. The second-order valence-corrected chi connectivity index (χ2v) is 7.56. The van der Waals surface area contributed by atoms with E-state index < -0.39 is 17.8 Å². The van der Waals surface area contributed by atoms with Crippen LogP contribution in [0, 0.1) is 0 Å². The number of imide groups is 1. The Morgan fingerprint density at radius 3 is 2.31 bits per heavy atom. The highest BCUT2D eigenvalue weighted by Crippen LogP contribution is 2.29. The zero-order valence-corrected chi connectivity index (χ0v) is 18.6. The highest BCUT2D eigenvalue weighted by atomic mass is 16.6. The summed E-state index contributed by atoms with van der Waals surface area (Å²) in [6.45, 7) is 2.11. The maximum atomic E-state index is 12.7. The third-order valence-corrected chi connectivity index (χ3v) is 5.36. The van der Waals surface area contributed by atoms with Crippen molar-refractivity contribution >= 4 is 23.5 Å². The van der Waals surface area contributed by atoms with Gasteiger partial charge in [-0.25, -0.2) is 9.69 Å². The molecule has 9 nitrogen and oxygen atoms in total. The molecular formula is C26H19N3O6. The van der Waals surface area contributed by atoms with E-state index in [1.807, 2.05) is 19.1 Å². The first kappa shape index (κ1) is 22.0. The number of para-hydroxylation sites is 1. The number of nitrogens with zero attached hydrogens (tertiary/aromatic N) is 3. The van der Waals surface area contributed by atoms with Gasteiger partial charge in [0.25, 0.3) is 17.7 Å². The SMILES string of the molecule is CCOc1ccccc1-c1noc(COC(=O)c2cccc(N3C(=O)c4ccccc4C3=O)c2)n1. The molecule has 0 atom stereocenters. The van der Waals surface area contributed by atoms with Crippen LogP contribution in [0.25, 0.3) is 11.4 Å². The number of ether oxygens (including phenoxy) is 2. The number of hydrogen-bond acceptors (Lipinski definition) is 8. The molecule has 0 saturated heterocycles. The van der Waals surface area contributed by atoms with Gasteiger partial charge < -0.3 is 14.0 Å². The predicted molar refractivity (Wildman–Crippen MR) is 124 cm³/mol. The Bertz CT molecular complexity index is 1410. The summed E-state index contributed by atoms with van der Waals surface area (Å²) >= 11 is 0. The third-order valence-electron chi connectivity index (χ3n) is 5.36. The van der Waals surface area contributed by atoms with E-state index in [0.717, 1.165) is 4.90 Å². The molecule has 174 valence electrons. The Kier molecular flexibility index (Phi) is 5.80. The van der Waals surface area contributed by atoms with Crippen LogP contribution in [0.4, 0.5) is 5.69 Å². The lowest BCUT2D eigenvalue weighted by Crippen LogP contribution is -2.29. The van der Waals surface area contributed by atoms with Crippen LogP contribution in [0.5, 0.6) is 5.75 Å². The molecule has 5 rings (SSSR count). The summed E-state index contributed by atoms with van der Waals surface area (Å²) in [5, 5.41) is 3.94. The Labute approximate surface area is 199 Å². The third kappa shape index (κ3) is 4.15. The number of esters is 1. The molecule has 0 radical (unpaired) electrons. The molecule has 2 heterocycles. The number of carbonyl (C=O) groups is 3. The number of benzene rings is 3. The molecule has 35 heavy (non-hydrogen) atoms. The summed E-state index contributed by atoms with van der Waals surface area (Å²) in [6, 6.07) is 20.0. The number of rotatable bonds is 7. The minimum atomic E-state index is -0.669. The van der Waals surface area contributed by atoms with E-state index in [9.17, 15) is 14.4 Å². The predicted octanol–water partition coefficient (Wildman–Crippen LogP) is 4.29. The quantitative estimate of drug-likeness (QED) is 0.291. The molecule has 1 aromatic heterocycles. The molecule has 1 aliphatic rings. The first-order valence-electron chi connectivity index (χ1n) is 10.9. The Morgan fingerprint density at radius 1 is 0.914 bits per heavy atom. The molecule has 0 unspecified atom stereocenters. The zero-order valence-electron chi connectivity index (χ0n) is 18.6. The Balaban J connectivity index is 1.29. The standard InChI is InChI=1S/C26H19N3O6/c1-2-33-21-13-6-5-12-20(21)23-27-22(35-28-23)15-34-26(32)16-8-7-9-17(14-16)29-24(30)18-10-3-4-11-19(18)25(29)31/h3-14H,2,15H2,1H3. The van der Waals surface area contributed by atoms with E-state index in [1.54, 1.807) is 48.5 Å². The van der Waals surface area contributed by atoms with Gasteiger partial charge in [-0.2, -0.15) is 4.98 Å². The van der Waals surface area contributed by atoms with Crippen LogP contribution in [-0.2, 0) is 11.3 Å². The van der Waals surface area contributed by atoms with E-state index in [-0.39, 0.29) is 23.7 Å². The first-order valence-corrected chi connectivity index (χ1v) is 10.9. The molecule has 2 amide bonds. The van der Waals surface area contributed by atoms with Crippen molar-refractivity contribution in [2.45, 2.75) is 13.5 Å². The van der Waals surface area contributed by atoms with Crippen LogP contribution in [0.15, 0.2) is 77.3 Å². The van der Waals surface area contributed by atoms with Gasteiger partial charge >= 0.3 is 5.97 Å². The van der Waals surface area contributed by atoms with E-state index >= 15 is 0 Å². The minimum absolute atomic E-state index is 0.108. The van der Waals surface area contributed by atoms with Crippen molar-refractivity contribution in [2.75, 3.05) is 11.5 Å². The summed E-state index contributed by atoms with van der Waals surface area (Å²) < 4.78 is 16.1. The molecule has 0 N–H and O–H groups in total. The molecule has 1 aliphatic heterocycles. The van der Waals surface area contributed by atoms with Crippen LogP contribution in [0.3, 0.4) is 0 Å². The monoisotopic (exact) mass is 469 g/mol. The smallest absolute Gasteiger partial charge is 0.338 e. The zero-order chi connectivity index (χ0) is 24.4. The molecular weight excluding hydrogens is 450 g/mol. The lowest BCUT2D eigenvalue weighted by atomic mass is 10.1. The van der Waals surface area contributed by atoms with Gasteiger partial charge in [0.1, 0.15) is 5.75 Å². The summed E-state index contributed by atoms with van der Waals surface area (Å²) in [5.74, 6) is -0.519. The molecule has 0 spiro atoms. The molecule has 4 aromatic rings. The maximum absolute atomic E-state index is 12.7. The summed E-state index contributed by atoms with van der Waals surface area (Å²) in [6.07, 6.45) is 0. The van der Waals surface area contributed by atoms with Crippen molar-refractivity contribution in [1.82, 2.24) is 10.1 Å². The highest BCUT2D eigenvalue weighted by molar-refractivity contribution is 6.34. The van der Waals surface area contributed by atoms with Gasteiger partial charge in [0, 0.05) is 0 Å². The summed E-state index contributed by atoms with van der Waals surface area (Å²) in [4.78, 5) is 43.5. The normalized spacial score (nSPS) is 12.5. The lowest BCUT2D eigenvalue weighted by Gasteiger charge is -2.14. The fourth-order valence-corrected chi connectivity index (χ4v) is 3.76. The van der Waals surface area contributed by atoms with Gasteiger partial charge in [0.2, 0.25) is 5.82 Å². The lowest BCUT2D eigenvalue weighted by molar-refractivity contribution is 0.0429. The van der Waals surface area contributed by atoms with Crippen LogP contribution in [-0.4, -0.2) is 34.5 Å². The van der Waals surface area contributed by atoms with Gasteiger partial charge in [-0.3, -0.25) is 9.59 Å². The molecule has 9 heteroatoms. The van der Waals surface area contributed by atoms with Crippen molar-refractivity contribution in [3.63, 3.8) is 0 Å². The Hall–Kier alpha value is -4.79. The van der Waals surface area contributed by atoms with Crippen molar-refractivity contribution < 1.29 is 28.4 Å². The second kappa shape index (κ2) is 9.22. The number of fused-ring (bicyclic) bond motifs is 1. The average molecular weight is 469 g/mol. The van der Waals surface area contributed by atoms with Crippen molar-refractivity contribution in [1.29, 1.82) is 0 Å². The summed E-state index contributed by atoms with van der Waals surface area (Å²) in [7, 11) is 0. The largest absolute Gasteiger partial charge is 0.493 e. The van der Waals surface area contributed by atoms with E-state index in [1.165, 1.54) is 12.1 Å². The number of carbonyl (C=O) groups excluding carboxylic acids is 3. The van der Waals surface area contributed by atoms with Gasteiger partial charge in [-0.1, -0.05) is 35.5 Å². The van der Waals surface area contributed by atoms with Crippen LogP contribution in [0.2, 0.25) is 0 Å². The molecule has 3 aromatic carbocycles. The maximum Gasteiger partial charge on any atom is 0.338 e. The van der Waals surface area contributed by atoms with Crippen LogP contribution in [0.1, 0.15) is 43.9 Å². The fraction of sp³-hybridized carbons (Fsp3) is 0.115. The number of amides is 2. The molecule has 0 bridgehead atoms. The Morgan fingerprint density at radius 2 is 1.60 bits per heavy atom. The van der Waals surface area contributed by atoms with Crippen LogP contribution < -0.4 is 9.64 Å². The minimum Gasteiger partial charge on any atom is -0.493 e. The van der Waals surface area contributed by atoms with E-state index in [0.29, 0.717) is 34.9 Å². The van der Waals surface area contributed by atoms with Crippen molar-refractivity contribution in [2.24, 2.45) is 0 Å². The topological polar surface area (TPSA) is 112 Å². The fourth-order valence-electron chi connectivity index (χ4n) is 3.76. The number of hydrogen-bond donors (Lipinski definition) is 0. The van der Waals surface area contributed by atoms with Crippen molar-refractivity contribution in [3.05, 3.63) is 95.4 Å². The average Bonchev–Trinajstić information content (AvgIpc) is 3.46. The number of anilines is 1. The van der Waals surface area contributed by atoms with Crippen molar-refractivity contribution in [3.8, 4) is 17.1 Å². The van der Waals surface area contributed by atoms with E-state index in [2.05, 4.69) is 10.1 Å². The van der Waals surface area contributed by atoms with Gasteiger partial charge in [0.15, 0.2) is 6.61 Å². The molecule has 0 aliphatic carbocycles. The van der Waals surface area contributed by atoms with Gasteiger partial charge in [0.05, 0.1) is 34.5 Å². The first-order chi connectivity index (χ1) is 17.1.